The van der Waals surface area contributed by atoms with Gasteiger partial charge in [0.15, 0.2) is 0 Å². The van der Waals surface area contributed by atoms with E-state index < -0.39 is 0 Å². The van der Waals surface area contributed by atoms with E-state index in [4.69, 9.17) is 0 Å². The van der Waals surface area contributed by atoms with Gasteiger partial charge >= 0.3 is 0 Å². The largest absolute Gasteiger partial charge is 0.348 e. The maximum Gasteiger partial charge on any atom is 0.238 e. The fraction of sp³-hybridized carbons (Fsp3) is 0.462. The summed E-state index contributed by atoms with van der Waals surface area (Å²) < 4.78 is 0. The lowest BCUT2D eigenvalue weighted by Gasteiger charge is -2.24. The molecular formula is C13H18N2OS. The van der Waals surface area contributed by atoms with E-state index in [2.05, 4.69) is 10.6 Å². The Bertz CT molecular complexity index is 363. The first-order valence-electron chi connectivity index (χ1n) is 5.94. The highest BCUT2D eigenvalue weighted by Crippen LogP contribution is 2.13. The van der Waals surface area contributed by atoms with Crippen LogP contribution in [0.5, 0.6) is 0 Å². The van der Waals surface area contributed by atoms with Crippen LogP contribution in [0.2, 0.25) is 0 Å². The molecule has 0 aromatic heterocycles. The first kappa shape index (κ1) is 12.5. The number of benzene rings is 1. The predicted octanol–water partition coefficient (Wildman–Crippen LogP) is 1.57. The van der Waals surface area contributed by atoms with Gasteiger partial charge in [-0.1, -0.05) is 30.3 Å². The Labute approximate surface area is 106 Å². The minimum atomic E-state index is -0.0417. The van der Waals surface area contributed by atoms with Crippen LogP contribution in [0.4, 0.5) is 0 Å². The second kappa shape index (κ2) is 6.07. The van der Waals surface area contributed by atoms with Gasteiger partial charge in [-0.05, 0) is 12.5 Å². The maximum atomic E-state index is 12.0. The molecule has 2 rings (SSSR count). The molecule has 1 aliphatic heterocycles. The van der Waals surface area contributed by atoms with Crippen molar-refractivity contribution in [1.82, 2.24) is 10.6 Å². The van der Waals surface area contributed by atoms with Crippen LogP contribution in [0.25, 0.3) is 0 Å². The van der Waals surface area contributed by atoms with E-state index in [-0.39, 0.29) is 18.0 Å². The molecule has 2 atom stereocenters. The Morgan fingerprint density at radius 1 is 1.47 bits per heavy atom. The Morgan fingerprint density at radius 3 is 2.88 bits per heavy atom. The SMILES string of the molecule is CC(NC(=O)C1CSCCN1)c1ccccc1. The Kier molecular flexibility index (Phi) is 4.45. The van der Waals surface area contributed by atoms with Crippen molar-refractivity contribution in [2.75, 3.05) is 18.1 Å². The molecule has 92 valence electrons. The topological polar surface area (TPSA) is 41.1 Å². The molecule has 3 nitrogen and oxygen atoms in total. The smallest absolute Gasteiger partial charge is 0.238 e. The van der Waals surface area contributed by atoms with Gasteiger partial charge in [-0.2, -0.15) is 11.8 Å². The molecule has 0 radical (unpaired) electrons. The van der Waals surface area contributed by atoms with Crippen molar-refractivity contribution in [1.29, 1.82) is 0 Å². The standard InChI is InChI=1S/C13H18N2OS/c1-10(11-5-3-2-4-6-11)15-13(16)12-9-17-8-7-14-12/h2-6,10,12,14H,7-9H2,1H3,(H,15,16). The summed E-state index contributed by atoms with van der Waals surface area (Å²) >= 11 is 1.83. The maximum absolute atomic E-state index is 12.0. The summed E-state index contributed by atoms with van der Waals surface area (Å²) in [6.07, 6.45) is 0. The van der Waals surface area contributed by atoms with Crippen LogP contribution >= 0.6 is 11.8 Å². The van der Waals surface area contributed by atoms with Gasteiger partial charge in [-0.3, -0.25) is 4.79 Å². The van der Waals surface area contributed by atoms with Crippen molar-refractivity contribution in [2.24, 2.45) is 0 Å². The number of rotatable bonds is 3. The molecule has 0 saturated carbocycles. The molecule has 0 bridgehead atoms. The van der Waals surface area contributed by atoms with E-state index in [0.717, 1.165) is 23.6 Å². The number of carbonyl (C=O) groups excluding carboxylic acids is 1. The lowest BCUT2D eigenvalue weighted by Crippen LogP contribution is -2.49. The van der Waals surface area contributed by atoms with E-state index in [1.165, 1.54) is 0 Å². The molecule has 1 heterocycles. The molecule has 1 aromatic carbocycles. The van der Waals surface area contributed by atoms with Gasteiger partial charge in [0.05, 0.1) is 12.1 Å². The van der Waals surface area contributed by atoms with Crippen molar-refractivity contribution < 1.29 is 4.79 Å². The van der Waals surface area contributed by atoms with Crippen LogP contribution in [0.15, 0.2) is 30.3 Å². The highest BCUT2D eigenvalue weighted by atomic mass is 32.2. The summed E-state index contributed by atoms with van der Waals surface area (Å²) in [7, 11) is 0. The quantitative estimate of drug-likeness (QED) is 0.855. The number of carbonyl (C=O) groups is 1. The lowest BCUT2D eigenvalue weighted by atomic mass is 10.1. The van der Waals surface area contributed by atoms with Gasteiger partial charge in [-0.15, -0.1) is 0 Å². The molecule has 17 heavy (non-hydrogen) atoms. The molecule has 1 fully saturated rings. The van der Waals surface area contributed by atoms with Crippen molar-refractivity contribution >= 4 is 17.7 Å². The molecular weight excluding hydrogens is 232 g/mol. The van der Waals surface area contributed by atoms with E-state index >= 15 is 0 Å². The van der Waals surface area contributed by atoms with Crippen LogP contribution in [0.1, 0.15) is 18.5 Å². The van der Waals surface area contributed by atoms with Crippen molar-refractivity contribution in [3.63, 3.8) is 0 Å². The predicted molar refractivity (Wildman–Crippen MR) is 72.1 cm³/mol. The highest BCUT2D eigenvalue weighted by molar-refractivity contribution is 7.99. The molecule has 1 aromatic rings. The number of thioether (sulfide) groups is 1. The number of amides is 1. The van der Waals surface area contributed by atoms with E-state index in [1.54, 1.807) is 0 Å². The normalized spacial score (nSPS) is 21.8. The molecule has 0 aliphatic carbocycles. The first-order valence-corrected chi connectivity index (χ1v) is 7.09. The molecule has 1 amide bonds. The van der Waals surface area contributed by atoms with Gasteiger partial charge < -0.3 is 10.6 Å². The van der Waals surface area contributed by atoms with E-state index in [1.807, 2.05) is 49.0 Å². The summed E-state index contributed by atoms with van der Waals surface area (Å²) in [5, 5.41) is 6.29. The second-order valence-corrected chi connectivity index (χ2v) is 5.37. The van der Waals surface area contributed by atoms with Gasteiger partial charge in [0.2, 0.25) is 5.91 Å². The molecule has 0 spiro atoms. The Morgan fingerprint density at radius 2 is 2.24 bits per heavy atom. The molecule has 2 N–H and O–H groups in total. The zero-order valence-electron chi connectivity index (χ0n) is 9.98. The summed E-state index contributed by atoms with van der Waals surface area (Å²) in [6.45, 7) is 2.94. The molecule has 1 aliphatic rings. The summed E-state index contributed by atoms with van der Waals surface area (Å²) in [6, 6.07) is 10.1. The summed E-state index contributed by atoms with van der Waals surface area (Å²) in [5.41, 5.74) is 1.14. The number of hydrogen-bond acceptors (Lipinski definition) is 3. The zero-order chi connectivity index (χ0) is 12.1. The van der Waals surface area contributed by atoms with Crippen LogP contribution in [0.3, 0.4) is 0 Å². The zero-order valence-corrected chi connectivity index (χ0v) is 10.8. The molecule has 2 unspecified atom stereocenters. The van der Waals surface area contributed by atoms with Crippen molar-refractivity contribution in [3.05, 3.63) is 35.9 Å². The summed E-state index contributed by atoms with van der Waals surface area (Å²) in [4.78, 5) is 12.0. The minimum Gasteiger partial charge on any atom is -0.348 e. The fourth-order valence-electron chi connectivity index (χ4n) is 1.87. The third-order valence-electron chi connectivity index (χ3n) is 2.90. The fourth-order valence-corrected chi connectivity index (χ4v) is 2.81. The Hall–Kier alpha value is -1.00. The number of hydrogen-bond donors (Lipinski definition) is 2. The van der Waals surface area contributed by atoms with Gasteiger partial charge in [0.1, 0.15) is 0 Å². The third kappa shape index (κ3) is 3.48. The summed E-state index contributed by atoms with van der Waals surface area (Å²) in [5.74, 6) is 2.07. The highest BCUT2D eigenvalue weighted by Gasteiger charge is 2.22. The van der Waals surface area contributed by atoms with Crippen LogP contribution in [-0.2, 0) is 4.79 Å². The third-order valence-corrected chi connectivity index (χ3v) is 3.96. The lowest BCUT2D eigenvalue weighted by molar-refractivity contribution is -0.123. The molecule has 4 heteroatoms. The average Bonchev–Trinajstić information content (AvgIpc) is 2.40. The van der Waals surface area contributed by atoms with Crippen LogP contribution < -0.4 is 10.6 Å². The first-order chi connectivity index (χ1) is 8.27. The van der Waals surface area contributed by atoms with Crippen molar-refractivity contribution in [3.8, 4) is 0 Å². The average molecular weight is 250 g/mol. The van der Waals surface area contributed by atoms with Crippen molar-refractivity contribution in [2.45, 2.75) is 19.0 Å². The number of nitrogens with one attached hydrogen (secondary N) is 2. The van der Waals surface area contributed by atoms with E-state index in [9.17, 15) is 4.79 Å². The minimum absolute atomic E-state index is 0.0417. The Balaban J connectivity index is 1.89. The molecule has 1 saturated heterocycles. The van der Waals surface area contributed by atoms with Gasteiger partial charge in [-0.25, -0.2) is 0 Å². The van der Waals surface area contributed by atoms with Gasteiger partial charge in [0.25, 0.3) is 0 Å². The second-order valence-electron chi connectivity index (χ2n) is 4.22. The monoisotopic (exact) mass is 250 g/mol. The van der Waals surface area contributed by atoms with Gasteiger partial charge in [0, 0.05) is 18.1 Å². The van der Waals surface area contributed by atoms with E-state index in [0.29, 0.717) is 0 Å². The van der Waals surface area contributed by atoms with Crippen LogP contribution in [-0.4, -0.2) is 30.0 Å². The van der Waals surface area contributed by atoms with Crippen LogP contribution in [0, 0.1) is 0 Å².